The average Bonchev–Trinajstić information content (AvgIpc) is 3.14. The van der Waals surface area contributed by atoms with Gasteiger partial charge in [0.25, 0.3) is 0 Å². The highest BCUT2D eigenvalue weighted by Gasteiger charge is 2.27. The molecule has 0 amide bonds. The molecular formula is C19H22FN5O3S. The van der Waals surface area contributed by atoms with Crippen molar-refractivity contribution in [3.8, 4) is 11.3 Å². The van der Waals surface area contributed by atoms with Gasteiger partial charge >= 0.3 is 0 Å². The fourth-order valence-electron chi connectivity index (χ4n) is 3.61. The van der Waals surface area contributed by atoms with Gasteiger partial charge in [-0.2, -0.15) is 5.10 Å². The van der Waals surface area contributed by atoms with Crippen LogP contribution in [0.3, 0.4) is 0 Å². The molecule has 1 saturated heterocycles. The molecule has 2 aromatic heterocycles. The van der Waals surface area contributed by atoms with E-state index in [1.807, 2.05) is 6.92 Å². The largest absolute Gasteiger partial charge is 0.381 e. The van der Waals surface area contributed by atoms with Crippen LogP contribution in [-0.4, -0.2) is 53.1 Å². The van der Waals surface area contributed by atoms with Crippen molar-refractivity contribution in [3.05, 3.63) is 36.3 Å². The predicted octanol–water partition coefficient (Wildman–Crippen LogP) is 2.22. The number of anilines is 1. The minimum absolute atomic E-state index is 0.0310. The maximum atomic E-state index is 13.0. The monoisotopic (exact) mass is 419 g/mol. The smallest absolute Gasteiger partial charge is 0.197 e. The summed E-state index contributed by atoms with van der Waals surface area (Å²) in [6.45, 7) is 1.62. The molecule has 1 aromatic carbocycles. The van der Waals surface area contributed by atoms with E-state index < -0.39 is 22.6 Å². The molecule has 1 aliphatic heterocycles. The Morgan fingerprint density at radius 2 is 2.14 bits per heavy atom. The van der Waals surface area contributed by atoms with Gasteiger partial charge in [-0.3, -0.25) is 0 Å². The first-order valence-electron chi connectivity index (χ1n) is 9.34. The summed E-state index contributed by atoms with van der Waals surface area (Å²) in [6.07, 6.45) is 3.70. The number of ether oxygens (including phenoxy) is 1. The molecule has 0 radical (unpaired) electrons. The number of hydrogen-bond donors (Lipinski definition) is 1. The van der Waals surface area contributed by atoms with E-state index in [4.69, 9.17) is 10.5 Å². The Labute approximate surface area is 167 Å². The lowest BCUT2D eigenvalue weighted by atomic mass is 10.0. The van der Waals surface area contributed by atoms with Crippen LogP contribution in [0.15, 0.2) is 35.6 Å². The zero-order valence-electron chi connectivity index (χ0n) is 16.0. The molecule has 1 aliphatic rings. The highest BCUT2D eigenvalue weighted by Crippen LogP contribution is 2.29. The van der Waals surface area contributed by atoms with E-state index in [0.29, 0.717) is 29.7 Å². The Kier molecular flexibility index (Phi) is 5.22. The highest BCUT2D eigenvalue weighted by molar-refractivity contribution is 7.91. The number of imidazole rings is 1. The Hall–Kier alpha value is -2.59. The van der Waals surface area contributed by atoms with E-state index in [1.54, 1.807) is 28.9 Å². The van der Waals surface area contributed by atoms with Gasteiger partial charge in [-0.15, -0.1) is 0 Å². The number of rotatable bonds is 5. The molecule has 29 heavy (non-hydrogen) atoms. The van der Waals surface area contributed by atoms with Gasteiger partial charge in [-0.25, -0.2) is 27.3 Å². The number of nitrogens with zero attached hydrogens (tertiary/aromatic N) is 4. The number of aromatic nitrogens is 4. The summed E-state index contributed by atoms with van der Waals surface area (Å²) in [7, 11) is -3.54. The summed E-state index contributed by atoms with van der Waals surface area (Å²) in [5.41, 5.74) is 8.48. The molecule has 10 heteroatoms. The second kappa shape index (κ2) is 7.68. The molecule has 3 heterocycles. The van der Waals surface area contributed by atoms with Crippen molar-refractivity contribution in [1.29, 1.82) is 0 Å². The molecule has 0 aliphatic carbocycles. The fraction of sp³-hybridized carbons (Fsp3) is 0.421. The van der Waals surface area contributed by atoms with E-state index >= 15 is 0 Å². The summed E-state index contributed by atoms with van der Waals surface area (Å²) in [4.78, 5) is 8.40. The number of aryl methyl sites for hydroxylation is 1. The standard InChI is InChI=1S/C19H22FN5O3S/c1-12-2-5-15(29(26,27)10-13-3-4-14(7-20)28-9-13)6-16(12)17-8-22-19-18(21)23-11-24-25(17)19/h2,5-6,8,11,13-14H,3-4,7,9-10H2,1H3,(H2,21,23,24)/t13-,14+/m0/s1. The van der Waals surface area contributed by atoms with E-state index in [0.717, 1.165) is 5.56 Å². The average molecular weight is 419 g/mol. The van der Waals surface area contributed by atoms with Gasteiger partial charge in [0.1, 0.15) is 13.0 Å². The third kappa shape index (κ3) is 3.82. The first-order chi connectivity index (χ1) is 13.9. The van der Waals surface area contributed by atoms with Crippen LogP contribution in [0, 0.1) is 12.8 Å². The molecule has 4 rings (SSSR count). The molecule has 154 valence electrons. The van der Waals surface area contributed by atoms with Gasteiger partial charge in [0, 0.05) is 5.56 Å². The molecule has 2 N–H and O–H groups in total. The lowest BCUT2D eigenvalue weighted by molar-refractivity contribution is -0.0218. The molecule has 0 bridgehead atoms. The van der Waals surface area contributed by atoms with Crippen molar-refractivity contribution in [2.24, 2.45) is 5.92 Å². The van der Waals surface area contributed by atoms with Crippen LogP contribution in [0.5, 0.6) is 0 Å². The lowest BCUT2D eigenvalue weighted by Gasteiger charge is -2.27. The third-order valence-corrected chi connectivity index (χ3v) is 7.15. The SMILES string of the molecule is Cc1ccc(S(=O)(=O)C[C@H]2CC[C@H](CF)OC2)cc1-c1cnc2c(N)ncnn12. The van der Waals surface area contributed by atoms with Crippen molar-refractivity contribution >= 4 is 21.3 Å². The third-order valence-electron chi connectivity index (χ3n) is 5.27. The summed E-state index contributed by atoms with van der Waals surface area (Å²) in [5, 5.41) is 4.19. The molecule has 3 aromatic rings. The maximum absolute atomic E-state index is 13.0. The van der Waals surface area contributed by atoms with E-state index in [-0.39, 0.29) is 29.0 Å². The quantitative estimate of drug-likeness (QED) is 0.675. The van der Waals surface area contributed by atoms with Gasteiger partial charge in [-0.05, 0) is 43.4 Å². The number of nitrogen functional groups attached to an aromatic ring is 1. The van der Waals surface area contributed by atoms with Gasteiger partial charge < -0.3 is 10.5 Å². The second-order valence-corrected chi connectivity index (χ2v) is 9.37. The van der Waals surface area contributed by atoms with Crippen molar-refractivity contribution in [1.82, 2.24) is 19.6 Å². The lowest BCUT2D eigenvalue weighted by Crippen LogP contribution is -2.31. The number of hydrogen-bond acceptors (Lipinski definition) is 7. The Bertz CT molecular complexity index is 1140. The molecule has 0 unspecified atom stereocenters. The van der Waals surface area contributed by atoms with Crippen LogP contribution in [-0.2, 0) is 14.6 Å². The van der Waals surface area contributed by atoms with Crippen LogP contribution in [0.1, 0.15) is 18.4 Å². The van der Waals surface area contributed by atoms with Crippen molar-refractivity contribution in [2.45, 2.75) is 30.8 Å². The number of fused-ring (bicyclic) bond motifs is 1. The summed E-state index contributed by atoms with van der Waals surface area (Å²) in [6, 6.07) is 5.01. The summed E-state index contributed by atoms with van der Waals surface area (Å²) >= 11 is 0. The van der Waals surface area contributed by atoms with Crippen LogP contribution in [0.25, 0.3) is 16.9 Å². The number of benzene rings is 1. The molecule has 8 nitrogen and oxygen atoms in total. The normalized spacial score (nSPS) is 20.2. The van der Waals surface area contributed by atoms with E-state index in [9.17, 15) is 12.8 Å². The second-order valence-electron chi connectivity index (χ2n) is 7.34. The minimum atomic E-state index is -3.54. The first kappa shape index (κ1) is 19.7. The van der Waals surface area contributed by atoms with Crippen molar-refractivity contribution in [3.63, 3.8) is 0 Å². The van der Waals surface area contributed by atoms with Gasteiger partial charge in [0.2, 0.25) is 0 Å². The molecular weight excluding hydrogens is 397 g/mol. The van der Waals surface area contributed by atoms with E-state index in [2.05, 4.69) is 15.1 Å². The number of halogens is 1. The van der Waals surface area contributed by atoms with Crippen LogP contribution < -0.4 is 5.73 Å². The minimum Gasteiger partial charge on any atom is -0.381 e. The number of sulfone groups is 1. The Balaban J connectivity index is 1.65. The summed E-state index contributed by atoms with van der Waals surface area (Å²) < 4.78 is 45.7. The van der Waals surface area contributed by atoms with Gasteiger partial charge in [0.15, 0.2) is 21.3 Å². The topological polar surface area (TPSA) is 112 Å². The fourth-order valence-corrected chi connectivity index (χ4v) is 5.26. The zero-order chi connectivity index (χ0) is 20.6. The van der Waals surface area contributed by atoms with Gasteiger partial charge in [-0.1, -0.05) is 6.07 Å². The van der Waals surface area contributed by atoms with Gasteiger partial charge in [0.05, 0.1) is 35.2 Å². The molecule has 0 saturated carbocycles. The molecule has 2 atom stereocenters. The van der Waals surface area contributed by atoms with Crippen molar-refractivity contribution in [2.75, 3.05) is 24.8 Å². The van der Waals surface area contributed by atoms with E-state index in [1.165, 1.54) is 6.33 Å². The predicted molar refractivity (Wildman–Crippen MR) is 106 cm³/mol. The molecule has 1 fully saturated rings. The Morgan fingerprint density at radius 1 is 1.31 bits per heavy atom. The number of nitrogens with two attached hydrogens (primary N) is 1. The Morgan fingerprint density at radius 3 is 2.86 bits per heavy atom. The molecule has 0 spiro atoms. The highest BCUT2D eigenvalue weighted by atomic mass is 32.2. The first-order valence-corrected chi connectivity index (χ1v) is 11.0. The number of alkyl halides is 1. The zero-order valence-corrected chi connectivity index (χ0v) is 16.8. The summed E-state index contributed by atoms with van der Waals surface area (Å²) in [5.74, 6) is 0.0731. The van der Waals surface area contributed by atoms with Crippen LogP contribution in [0.2, 0.25) is 0 Å². The van der Waals surface area contributed by atoms with Crippen molar-refractivity contribution < 1.29 is 17.5 Å². The van der Waals surface area contributed by atoms with Crippen LogP contribution in [0.4, 0.5) is 10.2 Å². The van der Waals surface area contributed by atoms with Crippen LogP contribution >= 0.6 is 0 Å². The maximum Gasteiger partial charge on any atom is 0.197 e.